The minimum atomic E-state index is -0.435. The number of benzene rings is 2. The van der Waals surface area contributed by atoms with Crippen molar-refractivity contribution >= 4 is 23.2 Å². The first-order valence-corrected chi connectivity index (χ1v) is 6.32. The van der Waals surface area contributed by atoms with Crippen LogP contribution in [0.15, 0.2) is 42.5 Å². The van der Waals surface area contributed by atoms with E-state index in [4.69, 9.17) is 27.9 Å². The molecule has 0 atom stereocenters. The van der Waals surface area contributed by atoms with E-state index in [-0.39, 0.29) is 5.02 Å². The molecule has 0 saturated heterocycles. The summed E-state index contributed by atoms with van der Waals surface area (Å²) in [5.41, 5.74) is 1.76. The molecule has 0 saturated carbocycles. The molecule has 2 aromatic carbocycles. The van der Waals surface area contributed by atoms with E-state index in [1.54, 1.807) is 6.07 Å². The average molecular weight is 285 g/mol. The molecule has 4 heteroatoms. The van der Waals surface area contributed by atoms with Crippen LogP contribution in [0.1, 0.15) is 11.1 Å². The second-order valence-corrected chi connectivity index (χ2v) is 4.49. The molecule has 94 valence electrons. The largest absolute Gasteiger partial charge is 0.489 e. The van der Waals surface area contributed by atoms with Gasteiger partial charge in [0.2, 0.25) is 0 Å². The van der Waals surface area contributed by atoms with Crippen LogP contribution < -0.4 is 4.74 Å². The van der Waals surface area contributed by atoms with E-state index in [0.717, 1.165) is 16.9 Å². The first-order chi connectivity index (χ1) is 8.69. The molecular weight excluding hydrogens is 274 g/mol. The summed E-state index contributed by atoms with van der Waals surface area (Å²) in [7, 11) is 0. The zero-order chi connectivity index (χ0) is 13.0. The van der Waals surface area contributed by atoms with Crippen LogP contribution in [0.4, 0.5) is 4.39 Å². The first-order valence-electron chi connectivity index (χ1n) is 5.40. The van der Waals surface area contributed by atoms with E-state index in [2.05, 4.69) is 0 Å². The summed E-state index contributed by atoms with van der Waals surface area (Å²) >= 11 is 11.3. The fourth-order valence-corrected chi connectivity index (χ4v) is 1.77. The van der Waals surface area contributed by atoms with Crippen LogP contribution in [0.25, 0.3) is 0 Å². The smallest absolute Gasteiger partial charge is 0.142 e. The summed E-state index contributed by atoms with van der Waals surface area (Å²) < 4.78 is 18.7. The van der Waals surface area contributed by atoms with Crippen LogP contribution in [-0.2, 0) is 12.5 Å². The lowest BCUT2D eigenvalue weighted by Crippen LogP contribution is -1.96. The van der Waals surface area contributed by atoms with Crippen molar-refractivity contribution in [2.45, 2.75) is 12.5 Å². The predicted molar refractivity (Wildman–Crippen MR) is 71.7 cm³/mol. The number of halogens is 3. The lowest BCUT2D eigenvalue weighted by atomic mass is 10.2. The van der Waals surface area contributed by atoms with Gasteiger partial charge in [0.05, 0.1) is 5.02 Å². The Morgan fingerprint density at radius 2 is 1.67 bits per heavy atom. The highest BCUT2D eigenvalue weighted by Crippen LogP contribution is 2.18. The number of rotatable bonds is 4. The Balaban J connectivity index is 1.99. The van der Waals surface area contributed by atoms with Crippen LogP contribution in [0.2, 0.25) is 5.02 Å². The molecule has 0 amide bonds. The summed E-state index contributed by atoms with van der Waals surface area (Å²) in [6.45, 7) is 0.300. The second-order valence-electron chi connectivity index (χ2n) is 3.81. The van der Waals surface area contributed by atoms with Crippen molar-refractivity contribution in [1.82, 2.24) is 0 Å². The molecule has 0 fully saturated rings. The third kappa shape index (κ3) is 3.37. The van der Waals surface area contributed by atoms with Gasteiger partial charge in [-0.2, -0.15) is 0 Å². The summed E-state index contributed by atoms with van der Waals surface area (Å²) in [5, 5.41) is 0.116. The van der Waals surface area contributed by atoms with Gasteiger partial charge in [0.15, 0.2) is 0 Å². The van der Waals surface area contributed by atoms with Crippen molar-refractivity contribution in [2.24, 2.45) is 0 Å². The van der Waals surface area contributed by atoms with Crippen molar-refractivity contribution in [1.29, 1.82) is 0 Å². The maximum atomic E-state index is 13.2. The highest BCUT2D eigenvalue weighted by atomic mass is 35.5. The van der Waals surface area contributed by atoms with E-state index >= 15 is 0 Å². The van der Waals surface area contributed by atoms with Crippen molar-refractivity contribution in [2.75, 3.05) is 0 Å². The summed E-state index contributed by atoms with van der Waals surface area (Å²) in [6, 6.07) is 12.1. The topological polar surface area (TPSA) is 9.23 Å². The van der Waals surface area contributed by atoms with Crippen LogP contribution >= 0.6 is 23.2 Å². The van der Waals surface area contributed by atoms with Gasteiger partial charge in [0.1, 0.15) is 18.2 Å². The fraction of sp³-hybridized carbons (Fsp3) is 0.143. The van der Waals surface area contributed by atoms with Gasteiger partial charge in [-0.25, -0.2) is 4.39 Å². The van der Waals surface area contributed by atoms with Crippen molar-refractivity contribution in [3.8, 4) is 5.75 Å². The molecule has 0 aliphatic rings. The van der Waals surface area contributed by atoms with Crippen molar-refractivity contribution in [3.05, 3.63) is 64.4 Å². The van der Waals surface area contributed by atoms with Gasteiger partial charge in [-0.05, 0) is 35.4 Å². The fourth-order valence-electron chi connectivity index (χ4n) is 1.47. The molecule has 1 nitrogen and oxygen atoms in total. The third-order valence-corrected chi connectivity index (χ3v) is 3.08. The van der Waals surface area contributed by atoms with Gasteiger partial charge < -0.3 is 4.74 Å². The Bertz CT molecular complexity index is 526. The Hall–Kier alpha value is -1.25. The number of hydrogen-bond donors (Lipinski definition) is 0. The summed E-state index contributed by atoms with van der Waals surface area (Å²) in [6.07, 6.45) is 0. The van der Waals surface area contributed by atoms with E-state index in [0.29, 0.717) is 12.5 Å². The zero-order valence-electron chi connectivity index (χ0n) is 9.50. The molecule has 0 aliphatic carbocycles. The maximum Gasteiger partial charge on any atom is 0.142 e. The number of hydrogen-bond acceptors (Lipinski definition) is 1. The predicted octanol–water partition coefficient (Wildman–Crippen LogP) is 4.80. The van der Waals surface area contributed by atoms with E-state index in [9.17, 15) is 4.39 Å². The van der Waals surface area contributed by atoms with Crippen LogP contribution in [0.3, 0.4) is 0 Å². The molecule has 0 unspecified atom stereocenters. The van der Waals surface area contributed by atoms with Gasteiger partial charge in [0.25, 0.3) is 0 Å². The molecule has 2 rings (SSSR count). The minimum Gasteiger partial charge on any atom is -0.489 e. The molecule has 0 N–H and O–H groups in total. The normalized spacial score (nSPS) is 10.4. The molecule has 18 heavy (non-hydrogen) atoms. The molecule has 0 bridgehead atoms. The van der Waals surface area contributed by atoms with Gasteiger partial charge in [0, 0.05) is 5.88 Å². The lowest BCUT2D eigenvalue weighted by molar-refractivity contribution is 0.305. The Morgan fingerprint density at radius 3 is 2.28 bits per heavy atom. The molecular formula is C14H11Cl2FO. The van der Waals surface area contributed by atoms with Gasteiger partial charge >= 0.3 is 0 Å². The summed E-state index contributed by atoms with van der Waals surface area (Å²) in [5.74, 6) is 0.761. The number of alkyl halides is 1. The Kier molecular flexibility index (Phi) is 4.45. The zero-order valence-corrected chi connectivity index (χ0v) is 11.0. The Labute approximate surface area is 115 Å². The highest BCUT2D eigenvalue weighted by Gasteiger charge is 2.02. The second kappa shape index (κ2) is 6.07. The van der Waals surface area contributed by atoms with Crippen LogP contribution in [-0.4, -0.2) is 0 Å². The molecule has 2 aromatic rings. The SMILES string of the molecule is Fc1cc(COc2ccc(CCl)cc2)ccc1Cl. The molecule has 0 aromatic heterocycles. The standard InChI is InChI=1S/C14H11Cl2FO/c15-8-10-1-4-12(5-2-10)18-9-11-3-6-13(16)14(17)7-11/h1-7H,8-9H2. The summed E-state index contributed by atoms with van der Waals surface area (Å²) in [4.78, 5) is 0. The monoisotopic (exact) mass is 284 g/mol. The van der Waals surface area contributed by atoms with E-state index in [1.807, 2.05) is 24.3 Å². The van der Waals surface area contributed by atoms with Crippen LogP contribution in [0, 0.1) is 5.82 Å². The number of ether oxygens (including phenoxy) is 1. The first kappa shape index (κ1) is 13.2. The maximum absolute atomic E-state index is 13.2. The highest BCUT2D eigenvalue weighted by molar-refractivity contribution is 6.30. The lowest BCUT2D eigenvalue weighted by Gasteiger charge is -2.07. The molecule has 0 spiro atoms. The van der Waals surface area contributed by atoms with Crippen molar-refractivity contribution in [3.63, 3.8) is 0 Å². The molecule has 0 heterocycles. The molecule has 0 radical (unpaired) electrons. The minimum absolute atomic E-state index is 0.116. The van der Waals surface area contributed by atoms with Gasteiger partial charge in [-0.3, -0.25) is 0 Å². The van der Waals surface area contributed by atoms with Gasteiger partial charge in [-0.1, -0.05) is 29.8 Å². The van der Waals surface area contributed by atoms with Crippen LogP contribution in [0.5, 0.6) is 5.75 Å². The van der Waals surface area contributed by atoms with E-state index in [1.165, 1.54) is 12.1 Å². The van der Waals surface area contributed by atoms with Gasteiger partial charge in [-0.15, -0.1) is 11.6 Å². The average Bonchev–Trinajstić information content (AvgIpc) is 2.41. The van der Waals surface area contributed by atoms with E-state index < -0.39 is 5.82 Å². The Morgan fingerprint density at radius 1 is 1.00 bits per heavy atom. The third-order valence-electron chi connectivity index (χ3n) is 2.47. The quantitative estimate of drug-likeness (QED) is 0.733. The molecule has 0 aliphatic heterocycles. The van der Waals surface area contributed by atoms with Crippen molar-refractivity contribution < 1.29 is 9.13 Å².